The first-order valence-corrected chi connectivity index (χ1v) is 12.2. The van der Waals surface area contributed by atoms with E-state index in [1.807, 2.05) is 0 Å². The molecule has 0 bridgehead atoms. The minimum atomic E-state index is -4.40. The molecule has 33 heavy (non-hydrogen) atoms. The molecule has 0 atom stereocenters. The van der Waals surface area contributed by atoms with E-state index < -0.39 is 27.7 Å². The standard InChI is InChI=1S/C23H27F3N2O4S/c1-32-20-11-8-18(16-21(20)33(30,31)28-14-4-2-3-5-15-28)22(29)27-13-12-17-6-9-19(10-7-17)23(24,25)26/h6-11,16H,2-5,12-15H2,1H3,(H,27,29). The van der Waals surface area contributed by atoms with E-state index in [9.17, 15) is 26.4 Å². The molecule has 1 saturated heterocycles. The number of alkyl halides is 3. The molecule has 0 unspecified atom stereocenters. The zero-order valence-electron chi connectivity index (χ0n) is 18.3. The largest absolute Gasteiger partial charge is 0.495 e. The fourth-order valence-corrected chi connectivity index (χ4v) is 5.42. The van der Waals surface area contributed by atoms with Crippen LogP contribution in [0, 0.1) is 0 Å². The number of rotatable bonds is 7. The molecule has 0 aromatic heterocycles. The monoisotopic (exact) mass is 484 g/mol. The lowest BCUT2D eigenvalue weighted by atomic mass is 10.1. The highest BCUT2D eigenvalue weighted by atomic mass is 32.2. The molecule has 0 aliphatic carbocycles. The third-order valence-corrected chi connectivity index (χ3v) is 7.51. The van der Waals surface area contributed by atoms with Crippen molar-refractivity contribution in [3.05, 3.63) is 59.2 Å². The number of amides is 1. The van der Waals surface area contributed by atoms with Gasteiger partial charge in [-0.3, -0.25) is 4.79 Å². The maximum atomic E-state index is 13.2. The molecule has 3 rings (SSSR count). The molecular weight excluding hydrogens is 457 g/mol. The van der Waals surface area contributed by atoms with E-state index in [-0.39, 0.29) is 22.8 Å². The van der Waals surface area contributed by atoms with Crippen molar-refractivity contribution in [1.82, 2.24) is 9.62 Å². The van der Waals surface area contributed by atoms with Crippen LogP contribution in [0.1, 0.15) is 47.2 Å². The number of carbonyl (C=O) groups is 1. The Kier molecular flexibility index (Phi) is 8.01. The van der Waals surface area contributed by atoms with Crippen molar-refractivity contribution in [1.29, 1.82) is 0 Å². The van der Waals surface area contributed by atoms with Crippen molar-refractivity contribution >= 4 is 15.9 Å². The molecule has 1 heterocycles. The van der Waals surface area contributed by atoms with Gasteiger partial charge >= 0.3 is 6.18 Å². The lowest BCUT2D eigenvalue weighted by Gasteiger charge is -2.21. The zero-order valence-corrected chi connectivity index (χ0v) is 19.1. The van der Waals surface area contributed by atoms with Crippen LogP contribution in [0.2, 0.25) is 0 Å². The van der Waals surface area contributed by atoms with Gasteiger partial charge in [0.2, 0.25) is 10.0 Å². The predicted octanol–water partition coefficient (Wildman–Crippen LogP) is 4.25. The number of ether oxygens (including phenoxy) is 1. The maximum absolute atomic E-state index is 13.2. The first kappa shape index (κ1) is 25.0. The predicted molar refractivity (Wildman–Crippen MR) is 118 cm³/mol. The minimum absolute atomic E-state index is 0.0534. The molecule has 1 fully saturated rings. The van der Waals surface area contributed by atoms with E-state index >= 15 is 0 Å². The van der Waals surface area contributed by atoms with Gasteiger partial charge in [-0.1, -0.05) is 25.0 Å². The summed E-state index contributed by atoms with van der Waals surface area (Å²) in [6.07, 6.45) is -0.544. The van der Waals surface area contributed by atoms with E-state index in [0.29, 0.717) is 25.1 Å². The summed E-state index contributed by atoms with van der Waals surface area (Å²) < 4.78 is 71.1. The Morgan fingerprint density at radius 3 is 2.24 bits per heavy atom. The number of benzene rings is 2. The second-order valence-corrected chi connectivity index (χ2v) is 9.79. The highest BCUT2D eigenvalue weighted by Gasteiger charge is 2.30. The van der Waals surface area contributed by atoms with Crippen molar-refractivity contribution in [3.63, 3.8) is 0 Å². The first-order chi connectivity index (χ1) is 15.6. The molecule has 6 nitrogen and oxygen atoms in total. The number of halogens is 3. The second-order valence-electron chi connectivity index (χ2n) is 7.88. The molecule has 0 radical (unpaired) electrons. The van der Waals surface area contributed by atoms with Crippen LogP contribution < -0.4 is 10.1 Å². The van der Waals surface area contributed by atoms with Crippen molar-refractivity contribution < 1.29 is 31.1 Å². The van der Waals surface area contributed by atoms with Gasteiger partial charge in [-0.25, -0.2) is 8.42 Å². The van der Waals surface area contributed by atoms with Crippen LogP contribution in [0.4, 0.5) is 13.2 Å². The summed E-state index contributed by atoms with van der Waals surface area (Å²) in [5.41, 5.74) is 0.0748. The fraction of sp³-hybridized carbons (Fsp3) is 0.435. The Hall–Kier alpha value is -2.59. The summed E-state index contributed by atoms with van der Waals surface area (Å²) in [6.45, 7) is 1.04. The number of sulfonamides is 1. The molecule has 0 spiro atoms. The molecule has 1 amide bonds. The van der Waals surface area contributed by atoms with Gasteiger partial charge in [-0.15, -0.1) is 0 Å². The first-order valence-electron chi connectivity index (χ1n) is 10.8. The zero-order chi connectivity index (χ0) is 24.1. The summed E-state index contributed by atoms with van der Waals surface area (Å²) in [5.74, 6) is -0.308. The van der Waals surface area contributed by atoms with Gasteiger partial charge in [0.15, 0.2) is 0 Å². The topological polar surface area (TPSA) is 75.7 Å². The Labute approximate surface area is 191 Å². The minimum Gasteiger partial charge on any atom is -0.495 e. The summed E-state index contributed by atoms with van der Waals surface area (Å²) in [5, 5.41) is 2.69. The van der Waals surface area contributed by atoms with Gasteiger partial charge in [-0.2, -0.15) is 17.5 Å². The Bertz CT molecular complexity index is 1060. The smallest absolute Gasteiger partial charge is 0.416 e. The number of nitrogens with one attached hydrogen (secondary N) is 1. The average molecular weight is 485 g/mol. The summed E-state index contributed by atoms with van der Waals surface area (Å²) >= 11 is 0. The van der Waals surface area contributed by atoms with Crippen molar-refractivity contribution in [2.75, 3.05) is 26.7 Å². The second kappa shape index (κ2) is 10.6. The van der Waals surface area contributed by atoms with Crippen LogP contribution >= 0.6 is 0 Å². The molecular formula is C23H27F3N2O4S. The fourth-order valence-electron chi connectivity index (χ4n) is 3.72. The quantitative estimate of drug-likeness (QED) is 0.638. The van der Waals surface area contributed by atoms with Crippen LogP contribution in [0.25, 0.3) is 0 Å². The van der Waals surface area contributed by atoms with E-state index in [0.717, 1.165) is 37.8 Å². The summed E-state index contributed by atoms with van der Waals surface area (Å²) in [7, 11) is -2.45. The number of carbonyl (C=O) groups excluding carboxylic acids is 1. The number of hydrogen-bond acceptors (Lipinski definition) is 4. The van der Waals surface area contributed by atoms with Crippen LogP contribution in [-0.4, -0.2) is 45.4 Å². The van der Waals surface area contributed by atoms with Gasteiger partial charge in [0.25, 0.3) is 5.91 Å². The molecule has 1 aliphatic heterocycles. The van der Waals surface area contributed by atoms with Crippen LogP contribution in [0.5, 0.6) is 5.75 Å². The van der Waals surface area contributed by atoms with E-state index in [4.69, 9.17) is 4.74 Å². The van der Waals surface area contributed by atoms with Crippen LogP contribution in [0.3, 0.4) is 0 Å². The van der Waals surface area contributed by atoms with E-state index in [1.54, 1.807) is 0 Å². The summed E-state index contributed by atoms with van der Waals surface area (Å²) in [4.78, 5) is 12.6. The molecule has 180 valence electrons. The van der Waals surface area contributed by atoms with Crippen LogP contribution in [-0.2, 0) is 22.6 Å². The molecule has 2 aromatic carbocycles. The SMILES string of the molecule is COc1ccc(C(=O)NCCc2ccc(C(F)(F)F)cc2)cc1S(=O)(=O)N1CCCCCC1. The van der Waals surface area contributed by atoms with Gasteiger partial charge < -0.3 is 10.1 Å². The van der Waals surface area contributed by atoms with Gasteiger partial charge in [0, 0.05) is 25.2 Å². The summed E-state index contributed by atoms with van der Waals surface area (Å²) in [6, 6.07) is 8.99. The average Bonchev–Trinajstić information content (AvgIpc) is 3.08. The normalized spacial score (nSPS) is 15.6. The molecule has 10 heteroatoms. The molecule has 1 aliphatic rings. The Morgan fingerprint density at radius 2 is 1.67 bits per heavy atom. The number of nitrogens with zero attached hydrogens (tertiary/aromatic N) is 1. The highest BCUT2D eigenvalue weighted by molar-refractivity contribution is 7.89. The molecule has 2 aromatic rings. The molecule has 0 saturated carbocycles. The molecule has 1 N–H and O–H groups in total. The lowest BCUT2D eigenvalue weighted by Crippen LogP contribution is -2.32. The van der Waals surface area contributed by atoms with Gasteiger partial charge in [0.1, 0.15) is 10.6 Å². The third kappa shape index (κ3) is 6.26. The Morgan fingerprint density at radius 1 is 1.03 bits per heavy atom. The maximum Gasteiger partial charge on any atom is 0.416 e. The number of methoxy groups -OCH3 is 1. The third-order valence-electron chi connectivity index (χ3n) is 5.59. The van der Waals surface area contributed by atoms with Crippen LogP contribution in [0.15, 0.2) is 47.4 Å². The van der Waals surface area contributed by atoms with Crippen molar-refractivity contribution in [2.45, 2.75) is 43.2 Å². The number of hydrogen-bond donors (Lipinski definition) is 1. The van der Waals surface area contributed by atoms with Crippen molar-refractivity contribution in [2.24, 2.45) is 0 Å². The van der Waals surface area contributed by atoms with Gasteiger partial charge in [-0.05, 0) is 55.2 Å². The Balaban J connectivity index is 1.69. The van der Waals surface area contributed by atoms with E-state index in [1.165, 1.54) is 41.7 Å². The lowest BCUT2D eigenvalue weighted by molar-refractivity contribution is -0.137. The highest BCUT2D eigenvalue weighted by Crippen LogP contribution is 2.30. The van der Waals surface area contributed by atoms with E-state index in [2.05, 4.69) is 5.32 Å². The van der Waals surface area contributed by atoms with Crippen molar-refractivity contribution in [3.8, 4) is 5.75 Å². The van der Waals surface area contributed by atoms with Gasteiger partial charge in [0.05, 0.1) is 12.7 Å².